The molecule has 5 nitrogen and oxygen atoms in total. The smallest absolute Gasteiger partial charge is 0.146 e. The highest BCUT2D eigenvalue weighted by Gasteiger charge is 2.04. The summed E-state index contributed by atoms with van der Waals surface area (Å²) >= 11 is 0. The normalized spacial score (nSPS) is 11.4. The Morgan fingerprint density at radius 2 is 2.21 bits per heavy atom. The van der Waals surface area contributed by atoms with E-state index >= 15 is 0 Å². The summed E-state index contributed by atoms with van der Waals surface area (Å²) in [5.74, 6) is 1.69. The standard InChI is InChI=1S/C14H23N5/c1-4-19-14(16-11-17-19)10-18-6-5-13(9-18)8-15-7-12(2)3/h5-6,9,11-12,15H,4,7-8,10H2,1-3H3. The van der Waals surface area contributed by atoms with Crippen molar-refractivity contribution in [1.82, 2.24) is 24.6 Å². The maximum atomic E-state index is 4.29. The molecule has 2 rings (SSSR count). The van der Waals surface area contributed by atoms with Crippen molar-refractivity contribution in [3.8, 4) is 0 Å². The van der Waals surface area contributed by atoms with Gasteiger partial charge in [-0.25, -0.2) is 9.67 Å². The van der Waals surface area contributed by atoms with Gasteiger partial charge in [0.25, 0.3) is 0 Å². The molecule has 0 saturated heterocycles. The van der Waals surface area contributed by atoms with Crippen molar-refractivity contribution in [1.29, 1.82) is 0 Å². The van der Waals surface area contributed by atoms with Gasteiger partial charge in [0.2, 0.25) is 0 Å². The van der Waals surface area contributed by atoms with E-state index in [1.54, 1.807) is 6.33 Å². The number of hydrogen-bond donors (Lipinski definition) is 1. The van der Waals surface area contributed by atoms with Gasteiger partial charge < -0.3 is 9.88 Å². The summed E-state index contributed by atoms with van der Waals surface area (Å²) in [5.41, 5.74) is 1.31. The fourth-order valence-corrected chi connectivity index (χ4v) is 2.04. The minimum atomic E-state index is 0.685. The molecule has 2 heterocycles. The zero-order chi connectivity index (χ0) is 13.7. The Labute approximate surface area is 114 Å². The van der Waals surface area contributed by atoms with E-state index in [9.17, 15) is 0 Å². The third kappa shape index (κ3) is 3.92. The number of aromatic nitrogens is 4. The molecule has 0 amide bonds. The third-order valence-corrected chi connectivity index (χ3v) is 3.01. The van der Waals surface area contributed by atoms with Crippen LogP contribution >= 0.6 is 0 Å². The molecule has 0 fully saturated rings. The molecule has 0 aromatic carbocycles. The van der Waals surface area contributed by atoms with Crippen LogP contribution < -0.4 is 5.32 Å². The SMILES string of the molecule is CCn1ncnc1Cn1ccc(CNCC(C)C)c1. The highest BCUT2D eigenvalue weighted by Crippen LogP contribution is 2.05. The monoisotopic (exact) mass is 261 g/mol. The maximum Gasteiger partial charge on any atom is 0.146 e. The molecule has 2 aromatic heterocycles. The summed E-state index contributed by atoms with van der Waals surface area (Å²) in [6.45, 7) is 10.1. The molecule has 0 atom stereocenters. The lowest BCUT2D eigenvalue weighted by Crippen LogP contribution is -2.18. The number of nitrogens with zero attached hydrogens (tertiary/aromatic N) is 4. The van der Waals surface area contributed by atoms with Gasteiger partial charge in [0, 0.05) is 25.5 Å². The zero-order valence-corrected chi connectivity index (χ0v) is 12.0. The largest absolute Gasteiger partial charge is 0.346 e. The van der Waals surface area contributed by atoms with E-state index in [1.165, 1.54) is 5.56 Å². The molecule has 0 unspecified atom stereocenters. The predicted molar refractivity (Wildman–Crippen MR) is 75.8 cm³/mol. The minimum Gasteiger partial charge on any atom is -0.346 e. The topological polar surface area (TPSA) is 47.7 Å². The third-order valence-electron chi connectivity index (χ3n) is 3.01. The van der Waals surface area contributed by atoms with Crippen molar-refractivity contribution >= 4 is 0 Å². The van der Waals surface area contributed by atoms with Crippen molar-refractivity contribution in [3.63, 3.8) is 0 Å². The quantitative estimate of drug-likeness (QED) is 0.828. The molecule has 0 saturated carbocycles. The second-order valence-corrected chi connectivity index (χ2v) is 5.21. The molecule has 0 aliphatic heterocycles. The van der Waals surface area contributed by atoms with Crippen molar-refractivity contribution in [2.45, 2.75) is 40.4 Å². The highest BCUT2D eigenvalue weighted by atomic mass is 15.3. The lowest BCUT2D eigenvalue weighted by atomic mass is 10.2. The van der Waals surface area contributed by atoms with Crippen LogP contribution in [0.4, 0.5) is 0 Å². The molecule has 5 heteroatoms. The van der Waals surface area contributed by atoms with Crippen molar-refractivity contribution in [3.05, 3.63) is 36.2 Å². The van der Waals surface area contributed by atoms with Crippen LogP contribution in [0.3, 0.4) is 0 Å². The minimum absolute atomic E-state index is 0.685. The molecule has 0 aliphatic rings. The summed E-state index contributed by atoms with van der Waals surface area (Å²) in [6, 6.07) is 2.15. The number of rotatable bonds is 7. The fourth-order valence-electron chi connectivity index (χ4n) is 2.04. The zero-order valence-electron chi connectivity index (χ0n) is 12.0. The molecule has 1 N–H and O–H groups in total. The van der Waals surface area contributed by atoms with E-state index < -0.39 is 0 Å². The lowest BCUT2D eigenvalue weighted by Gasteiger charge is -2.06. The summed E-state index contributed by atoms with van der Waals surface area (Å²) in [7, 11) is 0. The van der Waals surface area contributed by atoms with Crippen LogP contribution in [0.25, 0.3) is 0 Å². The van der Waals surface area contributed by atoms with Crippen LogP contribution in [0.15, 0.2) is 24.8 Å². The maximum absolute atomic E-state index is 4.29. The van der Waals surface area contributed by atoms with Crippen LogP contribution in [0, 0.1) is 5.92 Å². The second kappa shape index (κ2) is 6.52. The van der Waals surface area contributed by atoms with Crippen LogP contribution in [0.1, 0.15) is 32.2 Å². The summed E-state index contributed by atoms with van der Waals surface area (Å²) < 4.78 is 4.08. The van der Waals surface area contributed by atoms with Crippen molar-refractivity contribution in [2.75, 3.05) is 6.54 Å². The van der Waals surface area contributed by atoms with E-state index in [2.05, 4.69) is 59.2 Å². The van der Waals surface area contributed by atoms with Crippen molar-refractivity contribution < 1.29 is 0 Å². The van der Waals surface area contributed by atoms with E-state index in [-0.39, 0.29) is 0 Å². The van der Waals surface area contributed by atoms with Gasteiger partial charge >= 0.3 is 0 Å². The summed E-state index contributed by atoms with van der Waals surface area (Å²) in [4.78, 5) is 4.29. The van der Waals surface area contributed by atoms with Crippen LogP contribution in [0.2, 0.25) is 0 Å². The first-order valence-corrected chi connectivity index (χ1v) is 6.91. The molecule has 0 radical (unpaired) electrons. The van der Waals surface area contributed by atoms with Gasteiger partial charge in [-0.05, 0) is 31.0 Å². The Morgan fingerprint density at radius 1 is 1.37 bits per heavy atom. The van der Waals surface area contributed by atoms with Gasteiger partial charge in [-0.1, -0.05) is 13.8 Å². The fraction of sp³-hybridized carbons (Fsp3) is 0.571. The van der Waals surface area contributed by atoms with E-state index in [4.69, 9.17) is 0 Å². The van der Waals surface area contributed by atoms with E-state index in [0.717, 1.165) is 32.0 Å². The molecule has 0 spiro atoms. The first kappa shape index (κ1) is 13.8. The Morgan fingerprint density at radius 3 is 2.95 bits per heavy atom. The molecule has 2 aromatic rings. The molecule has 0 aliphatic carbocycles. The first-order chi connectivity index (χ1) is 9.19. The van der Waals surface area contributed by atoms with Gasteiger partial charge in [0.05, 0.1) is 6.54 Å². The van der Waals surface area contributed by atoms with Gasteiger partial charge in [0.1, 0.15) is 12.2 Å². The van der Waals surface area contributed by atoms with E-state index in [0.29, 0.717) is 5.92 Å². The molecule has 104 valence electrons. The lowest BCUT2D eigenvalue weighted by molar-refractivity contribution is 0.551. The van der Waals surface area contributed by atoms with Crippen molar-refractivity contribution in [2.24, 2.45) is 5.92 Å². The number of hydrogen-bond acceptors (Lipinski definition) is 3. The number of nitrogens with one attached hydrogen (secondary N) is 1. The van der Waals surface area contributed by atoms with Crippen LogP contribution in [-0.4, -0.2) is 25.9 Å². The molecule has 0 bridgehead atoms. The van der Waals surface area contributed by atoms with Gasteiger partial charge in [0.15, 0.2) is 0 Å². The van der Waals surface area contributed by atoms with Gasteiger partial charge in [-0.3, -0.25) is 0 Å². The predicted octanol–water partition coefficient (Wildman–Crippen LogP) is 1.89. The molecular weight excluding hydrogens is 238 g/mol. The molecule has 19 heavy (non-hydrogen) atoms. The Balaban J connectivity index is 1.90. The second-order valence-electron chi connectivity index (χ2n) is 5.21. The Hall–Kier alpha value is -1.62. The van der Waals surface area contributed by atoms with E-state index in [1.807, 2.05) is 4.68 Å². The average molecular weight is 261 g/mol. The Bertz CT molecular complexity index is 497. The van der Waals surface area contributed by atoms with Gasteiger partial charge in [-0.15, -0.1) is 0 Å². The summed E-state index contributed by atoms with van der Waals surface area (Å²) in [6.07, 6.45) is 5.89. The van der Waals surface area contributed by atoms with Gasteiger partial charge in [-0.2, -0.15) is 5.10 Å². The average Bonchev–Trinajstić information content (AvgIpc) is 2.98. The molecular formula is C14H23N5. The number of aryl methyl sites for hydroxylation is 1. The van der Waals surface area contributed by atoms with Crippen LogP contribution in [-0.2, 0) is 19.6 Å². The summed E-state index contributed by atoms with van der Waals surface area (Å²) in [5, 5.41) is 7.64. The Kier molecular flexibility index (Phi) is 4.74. The first-order valence-electron chi connectivity index (χ1n) is 6.91. The highest BCUT2D eigenvalue weighted by molar-refractivity contribution is 5.11. The van der Waals surface area contributed by atoms with Crippen LogP contribution in [0.5, 0.6) is 0 Å².